The highest BCUT2D eigenvalue weighted by Gasteiger charge is 2.16. The molecule has 0 aliphatic carbocycles. The van der Waals surface area contributed by atoms with Gasteiger partial charge in [0.25, 0.3) is 0 Å². The van der Waals surface area contributed by atoms with Gasteiger partial charge >= 0.3 is 5.97 Å². The molecule has 2 atom stereocenters. The van der Waals surface area contributed by atoms with Crippen molar-refractivity contribution >= 4 is 16.8 Å². The van der Waals surface area contributed by atoms with Gasteiger partial charge in [-0.15, -0.1) is 0 Å². The second kappa shape index (κ2) is 8.07. The summed E-state index contributed by atoms with van der Waals surface area (Å²) in [6.45, 7) is 3.89. The molecular formula is C14H20O4S. The van der Waals surface area contributed by atoms with Gasteiger partial charge in [0.1, 0.15) is 0 Å². The van der Waals surface area contributed by atoms with E-state index in [0.717, 1.165) is 11.1 Å². The number of hydrogen-bond acceptors (Lipinski definition) is 4. The van der Waals surface area contributed by atoms with Crippen LogP contribution in [0.4, 0.5) is 0 Å². The van der Waals surface area contributed by atoms with Crippen LogP contribution in [0, 0.1) is 0 Å². The number of aliphatic hydroxyl groups excluding tert-OH is 1. The largest absolute Gasteiger partial charge is 0.466 e. The first-order valence-electron chi connectivity index (χ1n) is 6.28. The van der Waals surface area contributed by atoms with E-state index in [1.54, 1.807) is 13.8 Å². The summed E-state index contributed by atoms with van der Waals surface area (Å²) in [5.74, 6) is 0.103. The standard InChI is InChI=1S/C14H20O4S/c1-3-18-14(16)8-11(2)19(17)10-13-6-4-12(9-15)5-7-13/h4-7,11,15H,3,8-10H2,1-2H3. The molecule has 106 valence electrons. The fourth-order valence-electron chi connectivity index (χ4n) is 1.59. The van der Waals surface area contributed by atoms with Crippen LogP contribution in [-0.2, 0) is 32.7 Å². The molecule has 0 aromatic heterocycles. The Morgan fingerprint density at radius 2 is 1.89 bits per heavy atom. The lowest BCUT2D eigenvalue weighted by molar-refractivity contribution is -0.143. The van der Waals surface area contributed by atoms with Crippen molar-refractivity contribution in [2.45, 2.75) is 37.9 Å². The Morgan fingerprint density at radius 3 is 2.42 bits per heavy atom. The lowest BCUT2D eigenvalue weighted by Crippen LogP contribution is -2.19. The topological polar surface area (TPSA) is 63.6 Å². The van der Waals surface area contributed by atoms with E-state index in [4.69, 9.17) is 9.84 Å². The lowest BCUT2D eigenvalue weighted by Gasteiger charge is -2.11. The van der Waals surface area contributed by atoms with Gasteiger partial charge in [0.05, 0.1) is 19.6 Å². The van der Waals surface area contributed by atoms with Crippen molar-refractivity contribution in [3.8, 4) is 0 Å². The molecule has 0 spiro atoms. The molecule has 1 aromatic carbocycles. The smallest absolute Gasteiger partial charge is 0.306 e. The maximum absolute atomic E-state index is 12.1. The molecule has 5 heteroatoms. The second-order valence-electron chi connectivity index (χ2n) is 4.32. The molecule has 0 aliphatic heterocycles. The van der Waals surface area contributed by atoms with Crippen LogP contribution in [0.2, 0.25) is 0 Å². The van der Waals surface area contributed by atoms with Crippen molar-refractivity contribution in [3.63, 3.8) is 0 Å². The maximum atomic E-state index is 12.1. The number of carbonyl (C=O) groups is 1. The predicted molar refractivity (Wildman–Crippen MR) is 74.9 cm³/mol. The zero-order chi connectivity index (χ0) is 14.3. The maximum Gasteiger partial charge on any atom is 0.306 e. The molecule has 0 heterocycles. The van der Waals surface area contributed by atoms with E-state index in [1.165, 1.54) is 0 Å². The number of carbonyl (C=O) groups excluding carboxylic acids is 1. The molecule has 0 bridgehead atoms. The molecule has 1 aromatic rings. The fourth-order valence-corrected chi connectivity index (χ4v) is 2.72. The summed E-state index contributed by atoms with van der Waals surface area (Å²) >= 11 is 0. The van der Waals surface area contributed by atoms with Gasteiger partial charge in [0.15, 0.2) is 0 Å². The summed E-state index contributed by atoms with van der Waals surface area (Å²) < 4.78 is 16.9. The highest BCUT2D eigenvalue weighted by Crippen LogP contribution is 2.12. The first-order chi connectivity index (χ1) is 9.06. The predicted octanol–water partition coefficient (Wildman–Crippen LogP) is 1.77. The van der Waals surface area contributed by atoms with Gasteiger partial charge in [-0.05, 0) is 18.1 Å². The van der Waals surface area contributed by atoms with E-state index >= 15 is 0 Å². The van der Waals surface area contributed by atoms with E-state index in [0.29, 0.717) is 12.4 Å². The number of aliphatic hydroxyl groups is 1. The third kappa shape index (κ3) is 5.53. The summed E-state index contributed by atoms with van der Waals surface area (Å²) in [6.07, 6.45) is 0.176. The van der Waals surface area contributed by atoms with Gasteiger partial charge < -0.3 is 9.84 Å². The first kappa shape index (κ1) is 15.9. The van der Waals surface area contributed by atoms with E-state index in [1.807, 2.05) is 24.3 Å². The van der Waals surface area contributed by atoms with Crippen LogP contribution in [0.3, 0.4) is 0 Å². The van der Waals surface area contributed by atoms with E-state index < -0.39 is 10.8 Å². The molecule has 2 unspecified atom stereocenters. The minimum absolute atomic E-state index is 0.00261. The van der Waals surface area contributed by atoms with Crippen LogP contribution in [0.1, 0.15) is 31.4 Å². The van der Waals surface area contributed by atoms with Crippen LogP contribution < -0.4 is 0 Å². The Bertz CT molecular complexity index is 428. The Kier molecular flexibility index (Phi) is 6.73. The Balaban J connectivity index is 2.51. The fraction of sp³-hybridized carbons (Fsp3) is 0.500. The monoisotopic (exact) mass is 284 g/mol. The molecule has 1 N–H and O–H groups in total. The summed E-state index contributed by atoms with van der Waals surface area (Å²) in [5.41, 5.74) is 1.76. The quantitative estimate of drug-likeness (QED) is 0.775. The van der Waals surface area contributed by atoms with Crippen LogP contribution in [0.15, 0.2) is 24.3 Å². The molecule has 0 aliphatic rings. The molecule has 0 amide bonds. The van der Waals surface area contributed by atoms with Crippen LogP contribution in [0.25, 0.3) is 0 Å². The normalized spacial score (nSPS) is 13.8. The number of benzene rings is 1. The third-order valence-electron chi connectivity index (χ3n) is 2.72. The molecule has 0 saturated carbocycles. The van der Waals surface area contributed by atoms with Crippen LogP contribution >= 0.6 is 0 Å². The van der Waals surface area contributed by atoms with Crippen molar-refractivity contribution in [1.82, 2.24) is 0 Å². The van der Waals surface area contributed by atoms with Gasteiger partial charge in [-0.2, -0.15) is 0 Å². The molecule has 4 nitrogen and oxygen atoms in total. The Labute approximate surface area is 116 Å². The van der Waals surface area contributed by atoms with Crippen molar-refractivity contribution in [2.24, 2.45) is 0 Å². The van der Waals surface area contributed by atoms with Crippen molar-refractivity contribution in [2.75, 3.05) is 6.61 Å². The number of rotatable bonds is 7. The molecule has 0 radical (unpaired) electrons. The zero-order valence-corrected chi connectivity index (χ0v) is 12.1. The second-order valence-corrected chi connectivity index (χ2v) is 6.17. The van der Waals surface area contributed by atoms with Gasteiger partial charge in [-0.3, -0.25) is 9.00 Å². The van der Waals surface area contributed by atoms with Crippen LogP contribution in [0.5, 0.6) is 0 Å². The highest BCUT2D eigenvalue weighted by molar-refractivity contribution is 7.84. The SMILES string of the molecule is CCOC(=O)CC(C)S(=O)Cc1ccc(CO)cc1. The number of hydrogen-bond donors (Lipinski definition) is 1. The first-order valence-corrected chi connectivity index (χ1v) is 7.66. The van der Waals surface area contributed by atoms with Gasteiger partial charge in [0.2, 0.25) is 0 Å². The summed E-state index contributed by atoms with van der Waals surface area (Å²) in [6, 6.07) is 7.31. The average molecular weight is 284 g/mol. The Hall–Kier alpha value is -1.20. The van der Waals surface area contributed by atoms with Crippen molar-refractivity contribution in [1.29, 1.82) is 0 Å². The lowest BCUT2D eigenvalue weighted by atomic mass is 10.2. The van der Waals surface area contributed by atoms with Crippen molar-refractivity contribution in [3.05, 3.63) is 35.4 Å². The molecule has 0 fully saturated rings. The Morgan fingerprint density at radius 1 is 1.32 bits per heavy atom. The molecular weight excluding hydrogens is 264 g/mol. The average Bonchev–Trinajstić information content (AvgIpc) is 2.39. The van der Waals surface area contributed by atoms with E-state index in [2.05, 4.69) is 0 Å². The number of ether oxygens (including phenoxy) is 1. The summed E-state index contributed by atoms with van der Waals surface area (Å²) in [7, 11) is -1.11. The zero-order valence-electron chi connectivity index (χ0n) is 11.3. The third-order valence-corrected chi connectivity index (χ3v) is 4.40. The minimum atomic E-state index is -1.11. The molecule has 19 heavy (non-hydrogen) atoms. The van der Waals surface area contributed by atoms with Gasteiger partial charge in [-0.1, -0.05) is 31.2 Å². The van der Waals surface area contributed by atoms with Gasteiger partial charge in [0, 0.05) is 21.8 Å². The number of esters is 1. The summed E-state index contributed by atoms with van der Waals surface area (Å²) in [4.78, 5) is 11.3. The van der Waals surface area contributed by atoms with E-state index in [-0.39, 0.29) is 24.2 Å². The highest BCUT2D eigenvalue weighted by atomic mass is 32.2. The minimum Gasteiger partial charge on any atom is -0.466 e. The van der Waals surface area contributed by atoms with E-state index in [9.17, 15) is 9.00 Å². The molecule has 1 rings (SSSR count). The summed E-state index contributed by atoms with van der Waals surface area (Å²) in [5, 5.41) is 8.71. The van der Waals surface area contributed by atoms with Gasteiger partial charge in [-0.25, -0.2) is 0 Å². The van der Waals surface area contributed by atoms with Crippen molar-refractivity contribution < 1.29 is 18.8 Å². The molecule has 0 saturated heterocycles. The van der Waals surface area contributed by atoms with Crippen LogP contribution in [-0.4, -0.2) is 27.1 Å².